The zero-order chi connectivity index (χ0) is 16.3. The van der Waals surface area contributed by atoms with Crippen molar-refractivity contribution in [1.82, 2.24) is 10.6 Å². The Labute approximate surface area is 128 Å². The van der Waals surface area contributed by atoms with Crippen LogP contribution in [0, 0.1) is 0 Å². The first-order valence-corrected chi connectivity index (χ1v) is 7.34. The molecule has 21 heavy (non-hydrogen) atoms. The molecule has 0 unspecified atom stereocenters. The molecular weight excluding hydrogens is 264 g/mol. The van der Waals surface area contributed by atoms with Crippen molar-refractivity contribution in [3.63, 3.8) is 0 Å². The van der Waals surface area contributed by atoms with E-state index in [9.17, 15) is 9.90 Å². The van der Waals surface area contributed by atoms with Gasteiger partial charge in [0, 0.05) is 11.1 Å². The second-order valence-electron chi connectivity index (χ2n) is 7.56. The molecule has 1 atom stereocenters. The van der Waals surface area contributed by atoms with Gasteiger partial charge in [0.25, 0.3) is 0 Å². The van der Waals surface area contributed by atoms with Crippen LogP contribution in [0.5, 0.6) is 5.75 Å². The minimum atomic E-state index is -0.311. The Morgan fingerprint density at radius 1 is 1.05 bits per heavy atom. The van der Waals surface area contributed by atoms with Crippen LogP contribution in [-0.2, 0) is 11.2 Å². The summed E-state index contributed by atoms with van der Waals surface area (Å²) in [6.45, 7) is 12.0. The minimum Gasteiger partial charge on any atom is -0.508 e. The first-order valence-electron chi connectivity index (χ1n) is 7.34. The monoisotopic (exact) mass is 292 g/mol. The molecule has 1 rings (SSSR count). The van der Waals surface area contributed by atoms with E-state index in [0.29, 0.717) is 6.42 Å². The highest BCUT2D eigenvalue weighted by molar-refractivity contribution is 5.82. The van der Waals surface area contributed by atoms with Crippen LogP contribution in [0.1, 0.15) is 47.1 Å². The summed E-state index contributed by atoms with van der Waals surface area (Å²) in [4.78, 5) is 12.5. The fraction of sp³-hybridized carbons (Fsp3) is 0.588. The molecule has 0 aliphatic heterocycles. The number of carbonyl (C=O) groups excluding carboxylic acids is 1. The number of carbonyl (C=O) groups is 1. The van der Waals surface area contributed by atoms with E-state index in [0.717, 1.165) is 5.56 Å². The summed E-state index contributed by atoms with van der Waals surface area (Å²) in [5.74, 6) is 0.226. The molecule has 0 aliphatic rings. The molecule has 0 radical (unpaired) electrons. The molecule has 0 saturated carbocycles. The fourth-order valence-electron chi connectivity index (χ4n) is 2.06. The van der Waals surface area contributed by atoms with Crippen molar-refractivity contribution >= 4 is 5.91 Å². The molecule has 4 heteroatoms. The van der Waals surface area contributed by atoms with E-state index in [1.54, 1.807) is 12.1 Å². The lowest BCUT2D eigenvalue weighted by Crippen LogP contribution is -2.56. The predicted molar refractivity (Wildman–Crippen MR) is 86.4 cm³/mol. The Bertz CT molecular complexity index is 467. The summed E-state index contributed by atoms with van der Waals surface area (Å²) in [5, 5.41) is 15.7. The first-order chi connectivity index (χ1) is 9.46. The van der Waals surface area contributed by atoms with Crippen LogP contribution in [0.3, 0.4) is 0 Å². The zero-order valence-corrected chi connectivity index (χ0v) is 13.9. The number of benzene rings is 1. The second kappa shape index (κ2) is 6.48. The van der Waals surface area contributed by atoms with Crippen LogP contribution < -0.4 is 10.6 Å². The molecule has 0 fully saturated rings. The SMILES string of the molecule is CC(C)(C)NC(=O)[C@@H](Cc1ccc(O)cc1)NC(C)(C)C. The summed E-state index contributed by atoms with van der Waals surface area (Å²) in [7, 11) is 0. The van der Waals surface area contributed by atoms with Gasteiger partial charge in [0.1, 0.15) is 5.75 Å². The quantitative estimate of drug-likeness (QED) is 0.799. The van der Waals surface area contributed by atoms with E-state index in [4.69, 9.17) is 0 Å². The molecule has 1 aromatic rings. The Morgan fingerprint density at radius 2 is 1.57 bits per heavy atom. The molecule has 4 nitrogen and oxygen atoms in total. The van der Waals surface area contributed by atoms with Crippen molar-refractivity contribution < 1.29 is 9.90 Å². The number of aromatic hydroxyl groups is 1. The molecule has 0 heterocycles. The smallest absolute Gasteiger partial charge is 0.237 e. The summed E-state index contributed by atoms with van der Waals surface area (Å²) < 4.78 is 0. The highest BCUT2D eigenvalue weighted by Crippen LogP contribution is 2.13. The summed E-state index contributed by atoms with van der Waals surface area (Å²) in [6.07, 6.45) is 0.583. The summed E-state index contributed by atoms with van der Waals surface area (Å²) in [6, 6.07) is 6.67. The predicted octanol–water partition coefficient (Wildman–Crippen LogP) is 2.61. The lowest BCUT2D eigenvalue weighted by Gasteiger charge is -2.31. The average molecular weight is 292 g/mol. The third-order valence-corrected chi connectivity index (χ3v) is 2.80. The Hall–Kier alpha value is -1.55. The van der Waals surface area contributed by atoms with E-state index in [-0.39, 0.29) is 28.8 Å². The van der Waals surface area contributed by atoms with Gasteiger partial charge in [-0.3, -0.25) is 4.79 Å². The van der Waals surface area contributed by atoms with Gasteiger partial charge in [-0.1, -0.05) is 12.1 Å². The Morgan fingerprint density at radius 3 is 2.00 bits per heavy atom. The molecule has 0 spiro atoms. The maximum Gasteiger partial charge on any atom is 0.237 e. The number of rotatable bonds is 4. The Balaban J connectivity index is 2.86. The van der Waals surface area contributed by atoms with Crippen molar-refractivity contribution in [2.75, 3.05) is 0 Å². The number of nitrogens with one attached hydrogen (secondary N) is 2. The van der Waals surface area contributed by atoms with Crippen molar-refractivity contribution in [1.29, 1.82) is 0 Å². The maximum atomic E-state index is 12.5. The molecule has 1 aromatic carbocycles. The Kier molecular flexibility index (Phi) is 5.40. The van der Waals surface area contributed by atoms with E-state index in [1.807, 2.05) is 53.7 Å². The van der Waals surface area contributed by atoms with Crippen LogP contribution in [0.4, 0.5) is 0 Å². The molecule has 3 N–H and O–H groups in total. The molecule has 0 bridgehead atoms. The number of phenols is 1. The van der Waals surface area contributed by atoms with Crippen molar-refractivity contribution in [2.45, 2.75) is 65.1 Å². The van der Waals surface area contributed by atoms with Gasteiger partial charge in [-0.2, -0.15) is 0 Å². The van der Waals surface area contributed by atoms with Gasteiger partial charge in [0.15, 0.2) is 0 Å². The van der Waals surface area contributed by atoms with Gasteiger partial charge in [-0.15, -0.1) is 0 Å². The topological polar surface area (TPSA) is 61.4 Å². The third-order valence-electron chi connectivity index (χ3n) is 2.80. The standard InChI is InChI=1S/C17H28N2O2/c1-16(2,3)18-14(15(21)19-17(4,5)6)11-12-7-9-13(20)10-8-12/h7-10,14,18,20H,11H2,1-6H3,(H,19,21)/t14-/m1/s1. The van der Waals surface area contributed by atoms with Crippen LogP contribution in [0.15, 0.2) is 24.3 Å². The lowest BCUT2D eigenvalue weighted by molar-refractivity contribution is -0.125. The summed E-state index contributed by atoms with van der Waals surface area (Å²) in [5.41, 5.74) is 0.597. The summed E-state index contributed by atoms with van der Waals surface area (Å²) >= 11 is 0. The number of hydrogen-bond acceptors (Lipinski definition) is 3. The van der Waals surface area contributed by atoms with Gasteiger partial charge in [0.05, 0.1) is 6.04 Å². The highest BCUT2D eigenvalue weighted by atomic mass is 16.3. The van der Waals surface area contributed by atoms with Crippen LogP contribution in [0.2, 0.25) is 0 Å². The van der Waals surface area contributed by atoms with Crippen molar-refractivity contribution in [2.24, 2.45) is 0 Å². The first kappa shape index (κ1) is 17.5. The number of phenolic OH excluding ortho intramolecular Hbond substituents is 1. The molecule has 118 valence electrons. The van der Waals surface area contributed by atoms with Gasteiger partial charge < -0.3 is 15.7 Å². The van der Waals surface area contributed by atoms with Crippen LogP contribution in [0.25, 0.3) is 0 Å². The number of amides is 1. The van der Waals surface area contributed by atoms with Gasteiger partial charge in [-0.25, -0.2) is 0 Å². The van der Waals surface area contributed by atoms with Crippen molar-refractivity contribution in [3.8, 4) is 5.75 Å². The second-order valence-corrected chi connectivity index (χ2v) is 7.56. The largest absolute Gasteiger partial charge is 0.508 e. The molecule has 0 aliphatic carbocycles. The zero-order valence-electron chi connectivity index (χ0n) is 13.9. The van der Waals surface area contributed by atoms with Gasteiger partial charge in [0.2, 0.25) is 5.91 Å². The normalized spacial score (nSPS) is 13.8. The average Bonchev–Trinajstić information content (AvgIpc) is 2.27. The van der Waals surface area contributed by atoms with Crippen molar-refractivity contribution in [3.05, 3.63) is 29.8 Å². The molecular formula is C17H28N2O2. The van der Waals surface area contributed by atoms with E-state index < -0.39 is 0 Å². The van der Waals surface area contributed by atoms with Gasteiger partial charge >= 0.3 is 0 Å². The third kappa shape index (κ3) is 7.14. The molecule has 1 amide bonds. The molecule has 0 aromatic heterocycles. The van der Waals surface area contributed by atoms with Gasteiger partial charge in [-0.05, 0) is 65.7 Å². The lowest BCUT2D eigenvalue weighted by atomic mass is 9.99. The van der Waals surface area contributed by atoms with Crippen LogP contribution in [-0.4, -0.2) is 28.1 Å². The van der Waals surface area contributed by atoms with E-state index in [2.05, 4.69) is 10.6 Å². The highest BCUT2D eigenvalue weighted by Gasteiger charge is 2.26. The maximum absolute atomic E-state index is 12.5. The number of hydrogen-bond donors (Lipinski definition) is 3. The van der Waals surface area contributed by atoms with E-state index >= 15 is 0 Å². The fourth-order valence-corrected chi connectivity index (χ4v) is 2.06. The minimum absolute atomic E-state index is 0.00880. The van der Waals surface area contributed by atoms with Crippen LogP contribution >= 0.6 is 0 Å². The molecule has 0 saturated heterocycles. The van der Waals surface area contributed by atoms with E-state index in [1.165, 1.54) is 0 Å².